The summed E-state index contributed by atoms with van der Waals surface area (Å²) >= 11 is 0. The Hall–Kier alpha value is -5.29. The van der Waals surface area contributed by atoms with E-state index in [1.54, 1.807) is 42.3 Å². The maximum atomic E-state index is 12.9. The van der Waals surface area contributed by atoms with E-state index < -0.39 is 11.5 Å². The standard InChI is InChI=1S/C31H29N7O4/c1-19-6-11-24(29(39)33-19)30(40)36-25-5-3-4-23(20(25)2)26-18-38-13-12-32-28(38)27(35-26)34-22-9-7-21(8-10-22)31(41)37-14-16-42-17-15-37/h3-13,18H,14-17H2,1-2H3,(H,33,39)(H,34,35)(H,36,40). The van der Waals surface area contributed by atoms with Crippen LogP contribution in [0.15, 0.2) is 78.0 Å². The quantitative estimate of drug-likeness (QED) is 0.282. The third-order valence-corrected chi connectivity index (χ3v) is 7.22. The van der Waals surface area contributed by atoms with Crippen molar-refractivity contribution in [3.63, 3.8) is 0 Å². The number of amides is 2. The van der Waals surface area contributed by atoms with Gasteiger partial charge in [0.25, 0.3) is 17.4 Å². The number of aromatic amines is 1. The Bertz CT molecular complexity index is 1850. The van der Waals surface area contributed by atoms with Crippen molar-refractivity contribution in [2.24, 2.45) is 0 Å². The highest BCUT2D eigenvalue weighted by molar-refractivity contribution is 6.04. The maximum Gasteiger partial charge on any atom is 0.261 e. The van der Waals surface area contributed by atoms with Gasteiger partial charge in [0.05, 0.1) is 18.9 Å². The van der Waals surface area contributed by atoms with Crippen molar-refractivity contribution in [2.45, 2.75) is 13.8 Å². The number of hydrogen-bond donors (Lipinski definition) is 3. The lowest BCUT2D eigenvalue weighted by Gasteiger charge is -2.26. The van der Waals surface area contributed by atoms with E-state index in [0.717, 1.165) is 16.8 Å². The van der Waals surface area contributed by atoms with Gasteiger partial charge in [-0.05, 0) is 61.9 Å². The van der Waals surface area contributed by atoms with Crippen LogP contribution in [-0.4, -0.2) is 62.4 Å². The summed E-state index contributed by atoms with van der Waals surface area (Å²) in [6.45, 7) is 5.92. The van der Waals surface area contributed by atoms with E-state index in [1.165, 1.54) is 6.07 Å². The molecule has 5 aromatic rings. The molecule has 11 nitrogen and oxygen atoms in total. The molecule has 0 atom stereocenters. The van der Waals surface area contributed by atoms with Crippen LogP contribution in [0.5, 0.6) is 0 Å². The Kier molecular flexibility index (Phi) is 7.24. The van der Waals surface area contributed by atoms with Crippen molar-refractivity contribution < 1.29 is 14.3 Å². The average molecular weight is 564 g/mol. The zero-order valence-corrected chi connectivity index (χ0v) is 23.2. The largest absolute Gasteiger partial charge is 0.378 e. The Morgan fingerprint density at radius 3 is 2.55 bits per heavy atom. The molecule has 6 rings (SSSR count). The second-order valence-corrected chi connectivity index (χ2v) is 10.1. The topological polar surface area (TPSA) is 134 Å². The van der Waals surface area contributed by atoms with Crippen LogP contribution in [0.2, 0.25) is 0 Å². The summed E-state index contributed by atoms with van der Waals surface area (Å²) in [7, 11) is 0. The zero-order chi connectivity index (χ0) is 29.2. The highest BCUT2D eigenvalue weighted by Crippen LogP contribution is 2.30. The third-order valence-electron chi connectivity index (χ3n) is 7.22. The molecule has 1 saturated heterocycles. The van der Waals surface area contributed by atoms with E-state index in [2.05, 4.69) is 20.6 Å². The fourth-order valence-corrected chi connectivity index (χ4v) is 4.92. The van der Waals surface area contributed by atoms with Gasteiger partial charge in [-0.15, -0.1) is 0 Å². The van der Waals surface area contributed by atoms with E-state index in [1.807, 2.05) is 48.0 Å². The van der Waals surface area contributed by atoms with Gasteiger partial charge >= 0.3 is 0 Å². The SMILES string of the molecule is Cc1ccc(C(=O)Nc2cccc(-c3cn4ccnc4c(Nc4ccc(C(=O)N5CCOCC5)cc4)n3)c2C)c(=O)[nH]1. The minimum absolute atomic E-state index is 0.0185. The summed E-state index contributed by atoms with van der Waals surface area (Å²) in [6, 6.07) is 16.0. The molecule has 11 heteroatoms. The summed E-state index contributed by atoms with van der Waals surface area (Å²) in [5.41, 5.74) is 5.08. The maximum absolute atomic E-state index is 12.9. The normalized spacial score (nSPS) is 13.2. The van der Waals surface area contributed by atoms with Crippen molar-refractivity contribution in [3.05, 3.63) is 106 Å². The van der Waals surface area contributed by atoms with Gasteiger partial charge in [-0.25, -0.2) is 9.97 Å². The Labute approximate surface area is 241 Å². The summed E-state index contributed by atoms with van der Waals surface area (Å²) in [5, 5.41) is 6.20. The molecule has 212 valence electrons. The first kappa shape index (κ1) is 26.9. The number of benzene rings is 2. The van der Waals surface area contributed by atoms with Crippen LogP contribution in [0.3, 0.4) is 0 Å². The molecule has 0 saturated carbocycles. The fraction of sp³-hybridized carbons (Fsp3) is 0.194. The number of aromatic nitrogens is 4. The van der Waals surface area contributed by atoms with Crippen LogP contribution < -0.4 is 16.2 Å². The molecule has 0 spiro atoms. The van der Waals surface area contributed by atoms with E-state index >= 15 is 0 Å². The van der Waals surface area contributed by atoms with Crippen molar-refractivity contribution in [3.8, 4) is 11.3 Å². The summed E-state index contributed by atoms with van der Waals surface area (Å²) in [4.78, 5) is 51.8. The third kappa shape index (κ3) is 5.37. The predicted octanol–water partition coefficient (Wildman–Crippen LogP) is 4.17. The first-order valence-corrected chi connectivity index (χ1v) is 13.6. The fourth-order valence-electron chi connectivity index (χ4n) is 4.92. The number of rotatable bonds is 6. The highest BCUT2D eigenvalue weighted by atomic mass is 16.5. The van der Waals surface area contributed by atoms with Gasteiger partial charge in [-0.2, -0.15) is 0 Å². The number of carbonyl (C=O) groups excluding carboxylic acids is 2. The van der Waals surface area contributed by atoms with Gasteiger partial charge < -0.3 is 29.7 Å². The molecular weight excluding hydrogens is 534 g/mol. The molecule has 0 bridgehead atoms. The number of aryl methyl sites for hydroxylation is 1. The Morgan fingerprint density at radius 2 is 1.79 bits per heavy atom. The molecule has 0 unspecified atom stereocenters. The van der Waals surface area contributed by atoms with Gasteiger partial charge in [-0.1, -0.05) is 12.1 Å². The van der Waals surface area contributed by atoms with Crippen molar-refractivity contribution in [1.29, 1.82) is 0 Å². The minimum atomic E-state index is -0.493. The number of hydrogen-bond acceptors (Lipinski definition) is 7. The van der Waals surface area contributed by atoms with E-state index in [4.69, 9.17) is 9.72 Å². The van der Waals surface area contributed by atoms with Crippen LogP contribution in [-0.2, 0) is 4.74 Å². The smallest absolute Gasteiger partial charge is 0.261 e. The van der Waals surface area contributed by atoms with Crippen LogP contribution in [0.25, 0.3) is 16.9 Å². The number of nitrogens with zero attached hydrogens (tertiary/aromatic N) is 4. The molecule has 0 radical (unpaired) electrons. The molecule has 0 aliphatic carbocycles. The second kappa shape index (κ2) is 11.3. The molecule has 2 aromatic carbocycles. The number of pyridine rings is 1. The molecule has 42 heavy (non-hydrogen) atoms. The van der Waals surface area contributed by atoms with Gasteiger partial charge in [0.2, 0.25) is 0 Å². The summed E-state index contributed by atoms with van der Waals surface area (Å²) < 4.78 is 7.22. The van der Waals surface area contributed by atoms with Gasteiger partial charge in [0.15, 0.2) is 11.5 Å². The molecule has 1 aliphatic heterocycles. The second-order valence-electron chi connectivity index (χ2n) is 10.1. The number of imidazole rings is 1. The van der Waals surface area contributed by atoms with Crippen molar-refractivity contribution in [1.82, 2.24) is 24.3 Å². The lowest BCUT2D eigenvalue weighted by Crippen LogP contribution is -2.40. The number of H-pyrrole nitrogens is 1. The lowest BCUT2D eigenvalue weighted by atomic mass is 10.0. The molecule has 3 aromatic heterocycles. The summed E-state index contributed by atoms with van der Waals surface area (Å²) in [6.07, 6.45) is 5.40. The van der Waals surface area contributed by atoms with E-state index in [9.17, 15) is 14.4 Å². The van der Waals surface area contributed by atoms with Gasteiger partial charge in [-0.3, -0.25) is 14.4 Å². The van der Waals surface area contributed by atoms with Crippen LogP contribution in [0, 0.1) is 13.8 Å². The number of nitrogens with one attached hydrogen (secondary N) is 3. The molecule has 1 fully saturated rings. The molecule has 2 amide bonds. The van der Waals surface area contributed by atoms with Gasteiger partial charge in [0.1, 0.15) is 5.56 Å². The number of fused-ring (bicyclic) bond motifs is 1. The lowest BCUT2D eigenvalue weighted by molar-refractivity contribution is 0.0303. The molecule has 1 aliphatic rings. The number of ether oxygens (including phenoxy) is 1. The number of morpholine rings is 1. The van der Waals surface area contributed by atoms with Crippen molar-refractivity contribution in [2.75, 3.05) is 36.9 Å². The number of carbonyl (C=O) groups is 2. The Morgan fingerprint density at radius 1 is 1.00 bits per heavy atom. The molecule has 4 heterocycles. The van der Waals surface area contributed by atoms with Crippen LogP contribution >= 0.6 is 0 Å². The predicted molar refractivity (Wildman–Crippen MR) is 159 cm³/mol. The minimum Gasteiger partial charge on any atom is -0.378 e. The molecule has 3 N–H and O–H groups in total. The van der Waals surface area contributed by atoms with E-state index in [-0.39, 0.29) is 11.5 Å². The Balaban J connectivity index is 1.27. The number of anilines is 3. The first-order valence-electron chi connectivity index (χ1n) is 13.6. The zero-order valence-electron chi connectivity index (χ0n) is 23.2. The van der Waals surface area contributed by atoms with Crippen molar-refractivity contribution >= 4 is 34.7 Å². The molecular formula is C31H29N7O4. The van der Waals surface area contributed by atoms with E-state index in [0.29, 0.717) is 60.4 Å². The van der Waals surface area contributed by atoms with Gasteiger partial charge in [0, 0.05) is 59.9 Å². The summed E-state index contributed by atoms with van der Waals surface area (Å²) in [5.74, 6) is 0.0206. The average Bonchev–Trinajstić information content (AvgIpc) is 3.48. The first-order chi connectivity index (χ1) is 20.4. The monoisotopic (exact) mass is 563 g/mol. The highest BCUT2D eigenvalue weighted by Gasteiger charge is 2.19. The van der Waals surface area contributed by atoms with Crippen LogP contribution in [0.1, 0.15) is 32.0 Å². The van der Waals surface area contributed by atoms with Crippen LogP contribution in [0.4, 0.5) is 17.2 Å².